The first-order chi connectivity index (χ1) is 10.3. The summed E-state index contributed by atoms with van der Waals surface area (Å²) < 4.78 is 67.2. The predicted molar refractivity (Wildman–Crippen MR) is 73.1 cm³/mol. The van der Waals surface area contributed by atoms with Gasteiger partial charge in [0.25, 0.3) is 0 Å². The minimum Gasteiger partial charge on any atom is -0.389 e. The molecule has 3 rings (SSSR count). The maximum absolute atomic E-state index is 13.8. The molecule has 2 aliphatic heterocycles. The Bertz CT molecular complexity index is 565. The van der Waals surface area contributed by atoms with Crippen LogP contribution in [0.5, 0.6) is 0 Å². The van der Waals surface area contributed by atoms with Crippen LogP contribution in [-0.2, 0) is 6.42 Å². The zero-order valence-electron chi connectivity index (χ0n) is 11.6. The maximum Gasteiger partial charge on any atom is 0.200 e. The fourth-order valence-corrected chi connectivity index (χ4v) is 5.45. The second-order valence-electron chi connectivity index (χ2n) is 6.17. The average molecular weight is 338 g/mol. The molecule has 0 radical (unpaired) electrons. The van der Waals surface area contributed by atoms with Crippen LogP contribution < -0.4 is 0 Å². The molecule has 2 aliphatic rings. The van der Waals surface area contributed by atoms with Gasteiger partial charge in [0.1, 0.15) is 0 Å². The number of thioether (sulfide) groups is 1. The standard InChI is InChI=1S/C15H15F5OS/c16-10-9(11(17)13(19)14(20)12(10)18)6-15(21)4-7-2-1-3-8(5-15)22-7/h7-8,21H,1-6H2. The molecule has 1 aromatic rings. The number of halogens is 5. The van der Waals surface area contributed by atoms with Crippen molar-refractivity contribution in [2.24, 2.45) is 0 Å². The fraction of sp³-hybridized carbons (Fsp3) is 0.600. The van der Waals surface area contributed by atoms with E-state index in [1.165, 1.54) is 0 Å². The molecule has 0 amide bonds. The molecule has 0 aliphatic carbocycles. The van der Waals surface area contributed by atoms with Crippen LogP contribution >= 0.6 is 11.8 Å². The molecular formula is C15H15F5OS. The van der Waals surface area contributed by atoms with E-state index in [0.717, 1.165) is 19.3 Å². The van der Waals surface area contributed by atoms with Crippen LogP contribution in [0.4, 0.5) is 22.0 Å². The van der Waals surface area contributed by atoms with Gasteiger partial charge in [-0.25, -0.2) is 22.0 Å². The number of rotatable bonds is 2. The summed E-state index contributed by atoms with van der Waals surface area (Å²) in [7, 11) is 0. The molecule has 2 heterocycles. The summed E-state index contributed by atoms with van der Waals surface area (Å²) in [6.45, 7) is 0. The van der Waals surface area contributed by atoms with E-state index in [1.807, 2.05) is 0 Å². The Balaban J connectivity index is 1.93. The molecule has 2 bridgehead atoms. The van der Waals surface area contributed by atoms with Crippen LogP contribution in [-0.4, -0.2) is 21.2 Å². The van der Waals surface area contributed by atoms with Crippen LogP contribution in [0.3, 0.4) is 0 Å². The Kier molecular flexibility index (Phi) is 4.14. The third-order valence-electron chi connectivity index (χ3n) is 4.46. The molecule has 1 nitrogen and oxygen atoms in total. The van der Waals surface area contributed by atoms with Gasteiger partial charge in [-0.15, -0.1) is 0 Å². The van der Waals surface area contributed by atoms with Crippen molar-refractivity contribution in [3.63, 3.8) is 0 Å². The molecule has 1 aromatic carbocycles. The molecule has 0 aromatic heterocycles. The average Bonchev–Trinajstić information content (AvgIpc) is 2.47. The van der Waals surface area contributed by atoms with Gasteiger partial charge in [-0.2, -0.15) is 11.8 Å². The fourth-order valence-electron chi connectivity index (χ4n) is 3.49. The molecule has 2 saturated heterocycles. The third kappa shape index (κ3) is 2.73. The van der Waals surface area contributed by atoms with E-state index in [2.05, 4.69) is 0 Å². The lowest BCUT2D eigenvalue weighted by Crippen LogP contribution is -2.44. The molecule has 22 heavy (non-hydrogen) atoms. The van der Waals surface area contributed by atoms with Gasteiger partial charge in [0.2, 0.25) is 5.82 Å². The molecule has 7 heteroatoms. The molecule has 2 fully saturated rings. The van der Waals surface area contributed by atoms with Crippen molar-refractivity contribution in [2.75, 3.05) is 0 Å². The summed E-state index contributed by atoms with van der Waals surface area (Å²) in [5.41, 5.74) is -2.33. The second kappa shape index (κ2) is 5.67. The Hall–Kier alpha value is -0.820. The third-order valence-corrected chi connectivity index (χ3v) is 6.03. The van der Waals surface area contributed by atoms with Crippen molar-refractivity contribution in [3.05, 3.63) is 34.6 Å². The van der Waals surface area contributed by atoms with Gasteiger partial charge in [0.05, 0.1) is 5.60 Å². The number of hydrogen-bond acceptors (Lipinski definition) is 2. The first kappa shape index (κ1) is 16.1. The van der Waals surface area contributed by atoms with Crippen molar-refractivity contribution >= 4 is 11.8 Å². The Morgan fingerprint density at radius 2 is 1.32 bits per heavy atom. The van der Waals surface area contributed by atoms with Crippen molar-refractivity contribution < 1.29 is 27.1 Å². The zero-order valence-corrected chi connectivity index (χ0v) is 12.5. The summed E-state index contributed by atoms with van der Waals surface area (Å²) in [6, 6.07) is 0. The summed E-state index contributed by atoms with van der Waals surface area (Å²) in [5.74, 6) is -9.76. The zero-order chi connectivity index (χ0) is 16.1. The molecule has 2 atom stereocenters. The van der Waals surface area contributed by atoms with E-state index in [4.69, 9.17) is 0 Å². The predicted octanol–water partition coefficient (Wildman–Crippen LogP) is 4.10. The molecule has 2 unspecified atom stereocenters. The molecule has 1 N–H and O–H groups in total. The summed E-state index contributed by atoms with van der Waals surface area (Å²) in [5, 5.41) is 11.0. The lowest BCUT2D eigenvalue weighted by atomic mass is 9.81. The van der Waals surface area contributed by atoms with Crippen LogP contribution in [0.15, 0.2) is 0 Å². The second-order valence-corrected chi connectivity index (χ2v) is 7.77. The van der Waals surface area contributed by atoms with Crippen LogP contribution in [0.25, 0.3) is 0 Å². The van der Waals surface area contributed by atoms with E-state index >= 15 is 0 Å². The molecule has 122 valence electrons. The maximum atomic E-state index is 13.8. The first-order valence-electron chi connectivity index (χ1n) is 7.19. The highest BCUT2D eigenvalue weighted by atomic mass is 32.2. The van der Waals surface area contributed by atoms with E-state index in [0.29, 0.717) is 12.8 Å². The van der Waals surface area contributed by atoms with Gasteiger partial charge in [0, 0.05) is 22.5 Å². The lowest BCUT2D eigenvalue weighted by Gasteiger charge is -2.44. The SMILES string of the molecule is OC1(Cc2c(F)c(F)c(F)c(F)c2F)CC2CCCC(C1)S2. The van der Waals surface area contributed by atoms with E-state index in [9.17, 15) is 27.1 Å². The monoisotopic (exact) mass is 338 g/mol. The number of aliphatic hydroxyl groups is 1. The van der Waals surface area contributed by atoms with Crippen molar-refractivity contribution in [1.82, 2.24) is 0 Å². The highest BCUT2D eigenvalue weighted by Gasteiger charge is 2.43. The van der Waals surface area contributed by atoms with Crippen LogP contribution in [0.1, 0.15) is 37.7 Å². The van der Waals surface area contributed by atoms with Gasteiger partial charge in [0.15, 0.2) is 23.3 Å². The quantitative estimate of drug-likeness (QED) is 0.498. The Morgan fingerprint density at radius 3 is 1.82 bits per heavy atom. The normalized spacial score (nSPS) is 31.4. The van der Waals surface area contributed by atoms with Gasteiger partial charge in [-0.05, 0) is 25.7 Å². The van der Waals surface area contributed by atoms with Crippen LogP contribution in [0, 0.1) is 29.1 Å². The van der Waals surface area contributed by atoms with Crippen molar-refractivity contribution in [2.45, 2.75) is 54.6 Å². The van der Waals surface area contributed by atoms with E-state index in [-0.39, 0.29) is 10.5 Å². The number of hydrogen-bond donors (Lipinski definition) is 1. The number of benzene rings is 1. The Labute approximate surface area is 128 Å². The van der Waals surface area contributed by atoms with E-state index < -0.39 is 46.7 Å². The van der Waals surface area contributed by atoms with Gasteiger partial charge < -0.3 is 5.11 Å². The Morgan fingerprint density at radius 1 is 0.864 bits per heavy atom. The molecular weight excluding hydrogens is 323 g/mol. The largest absolute Gasteiger partial charge is 0.389 e. The topological polar surface area (TPSA) is 20.2 Å². The van der Waals surface area contributed by atoms with Crippen molar-refractivity contribution in [1.29, 1.82) is 0 Å². The summed E-state index contributed by atoms with van der Waals surface area (Å²) >= 11 is 1.75. The first-order valence-corrected chi connectivity index (χ1v) is 8.13. The smallest absolute Gasteiger partial charge is 0.200 e. The molecule has 0 spiro atoms. The molecule has 0 saturated carbocycles. The highest BCUT2D eigenvalue weighted by molar-refractivity contribution is 8.00. The van der Waals surface area contributed by atoms with Crippen molar-refractivity contribution in [3.8, 4) is 0 Å². The van der Waals surface area contributed by atoms with Gasteiger partial charge >= 0.3 is 0 Å². The van der Waals surface area contributed by atoms with E-state index in [1.54, 1.807) is 11.8 Å². The summed E-state index contributed by atoms with van der Waals surface area (Å²) in [6.07, 6.45) is 2.93. The summed E-state index contributed by atoms with van der Waals surface area (Å²) in [4.78, 5) is 0. The number of fused-ring (bicyclic) bond motifs is 2. The van der Waals surface area contributed by atoms with Crippen LogP contribution in [0.2, 0.25) is 0 Å². The lowest BCUT2D eigenvalue weighted by molar-refractivity contribution is 0.0111. The van der Waals surface area contributed by atoms with Gasteiger partial charge in [-0.1, -0.05) is 6.42 Å². The minimum absolute atomic E-state index is 0.179. The minimum atomic E-state index is -2.16. The van der Waals surface area contributed by atoms with Gasteiger partial charge in [-0.3, -0.25) is 0 Å². The highest BCUT2D eigenvalue weighted by Crippen LogP contribution is 2.47.